The van der Waals surface area contributed by atoms with Crippen LogP contribution in [-0.4, -0.2) is 53.5 Å². The summed E-state index contributed by atoms with van der Waals surface area (Å²) in [6, 6.07) is -0.0172. The third-order valence-electron chi connectivity index (χ3n) is 3.66. The van der Waals surface area contributed by atoms with Crippen molar-refractivity contribution in [2.45, 2.75) is 44.3 Å². The van der Waals surface area contributed by atoms with Gasteiger partial charge in [0, 0.05) is 13.0 Å². The molecule has 0 radical (unpaired) electrons. The average molecular weight is 321 g/mol. The second-order valence-corrected chi connectivity index (χ2v) is 6.17. The Kier molecular flexibility index (Phi) is 4.41. The molecule has 0 aliphatic carbocycles. The number of carbonyl (C=O) groups is 1. The van der Waals surface area contributed by atoms with E-state index in [-0.39, 0.29) is 11.9 Å². The molecule has 1 aliphatic rings. The molecule has 2 aromatic heterocycles. The molecule has 3 heterocycles. The number of H-pyrrole nitrogens is 2. The lowest BCUT2D eigenvalue weighted by atomic mass is 10.2. The van der Waals surface area contributed by atoms with Gasteiger partial charge in [-0.1, -0.05) is 18.7 Å². The molecular formula is C13H19N7OS. The van der Waals surface area contributed by atoms with E-state index in [1.165, 1.54) is 11.8 Å². The Hall–Kier alpha value is -1.90. The number of aryl methyl sites for hydroxylation is 2. The minimum Gasteiger partial charge on any atom is -0.332 e. The number of aromatic amines is 2. The first kappa shape index (κ1) is 15.0. The van der Waals surface area contributed by atoms with Crippen molar-refractivity contribution in [3.8, 4) is 0 Å². The SMILES string of the molecule is CCc1nc(SCC(=O)N2CCC[C@H]2c2n[nH]c(C)n2)n[nH]1. The van der Waals surface area contributed by atoms with Crippen LogP contribution in [0.3, 0.4) is 0 Å². The van der Waals surface area contributed by atoms with Crippen LogP contribution < -0.4 is 0 Å². The van der Waals surface area contributed by atoms with Crippen LogP contribution in [0.1, 0.15) is 43.3 Å². The van der Waals surface area contributed by atoms with Crippen molar-refractivity contribution in [1.29, 1.82) is 0 Å². The Morgan fingerprint density at radius 1 is 1.36 bits per heavy atom. The second kappa shape index (κ2) is 6.47. The summed E-state index contributed by atoms with van der Waals surface area (Å²) < 4.78 is 0. The zero-order valence-corrected chi connectivity index (χ0v) is 13.5. The fourth-order valence-corrected chi connectivity index (χ4v) is 3.26. The monoisotopic (exact) mass is 321 g/mol. The molecular weight excluding hydrogens is 302 g/mol. The number of hydrogen-bond donors (Lipinski definition) is 2. The maximum Gasteiger partial charge on any atom is 0.233 e. The predicted octanol–water partition coefficient (Wildman–Crippen LogP) is 1.25. The molecule has 0 aromatic carbocycles. The molecule has 1 aliphatic heterocycles. The first-order chi connectivity index (χ1) is 10.7. The highest BCUT2D eigenvalue weighted by Crippen LogP contribution is 2.30. The van der Waals surface area contributed by atoms with Crippen LogP contribution >= 0.6 is 11.8 Å². The fourth-order valence-electron chi connectivity index (χ4n) is 2.55. The number of aromatic nitrogens is 6. The summed E-state index contributed by atoms with van der Waals surface area (Å²) in [5, 5.41) is 14.6. The quantitative estimate of drug-likeness (QED) is 0.803. The van der Waals surface area contributed by atoms with Gasteiger partial charge >= 0.3 is 0 Å². The Balaban J connectivity index is 1.61. The molecule has 2 aromatic rings. The summed E-state index contributed by atoms with van der Waals surface area (Å²) in [7, 11) is 0. The number of amides is 1. The van der Waals surface area contributed by atoms with Crippen LogP contribution in [-0.2, 0) is 11.2 Å². The fraction of sp³-hybridized carbons (Fsp3) is 0.615. The molecule has 118 valence electrons. The zero-order chi connectivity index (χ0) is 15.5. The number of nitrogens with zero attached hydrogens (tertiary/aromatic N) is 5. The third kappa shape index (κ3) is 3.13. The molecule has 1 fully saturated rings. The van der Waals surface area contributed by atoms with Gasteiger partial charge in [0.25, 0.3) is 0 Å². The summed E-state index contributed by atoms with van der Waals surface area (Å²) in [5.74, 6) is 2.74. The van der Waals surface area contributed by atoms with Crippen molar-refractivity contribution in [3.63, 3.8) is 0 Å². The van der Waals surface area contributed by atoms with Gasteiger partial charge in [-0.2, -0.15) is 5.10 Å². The van der Waals surface area contributed by atoms with E-state index in [9.17, 15) is 4.79 Å². The normalized spacial score (nSPS) is 18.1. The zero-order valence-electron chi connectivity index (χ0n) is 12.7. The van der Waals surface area contributed by atoms with Crippen LogP contribution in [0, 0.1) is 6.92 Å². The van der Waals surface area contributed by atoms with E-state index >= 15 is 0 Å². The standard InChI is InChI=1S/C13H19N7OS/c1-3-10-15-13(19-17-10)22-7-11(21)20-6-4-5-9(20)12-14-8(2)16-18-12/h9H,3-7H2,1-2H3,(H,14,16,18)(H,15,17,19)/t9-/m0/s1. The maximum atomic E-state index is 12.5. The Morgan fingerprint density at radius 3 is 2.91 bits per heavy atom. The number of nitrogens with one attached hydrogen (secondary N) is 2. The van der Waals surface area contributed by atoms with E-state index in [4.69, 9.17) is 0 Å². The van der Waals surface area contributed by atoms with Crippen molar-refractivity contribution in [2.75, 3.05) is 12.3 Å². The summed E-state index contributed by atoms with van der Waals surface area (Å²) in [4.78, 5) is 23.0. The van der Waals surface area contributed by atoms with Crippen molar-refractivity contribution >= 4 is 17.7 Å². The lowest BCUT2D eigenvalue weighted by Gasteiger charge is -2.22. The van der Waals surface area contributed by atoms with Gasteiger partial charge in [-0.3, -0.25) is 15.0 Å². The molecule has 1 amide bonds. The van der Waals surface area contributed by atoms with E-state index < -0.39 is 0 Å². The molecule has 22 heavy (non-hydrogen) atoms. The van der Waals surface area contributed by atoms with Gasteiger partial charge in [-0.05, 0) is 19.8 Å². The van der Waals surface area contributed by atoms with E-state index in [0.717, 1.165) is 37.5 Å². The first-order valence-corrected chi connectivity index (χ1v) is 8.38. The highest BCUT2D eigenvalue weighted by Gasteiger charge is 2.32. The maximum absolute atomic E-state index is 12.5. The number of likely N-dealkylation sites (tertiary alicyclic amines) is 1. The summed E-state index contributed by atoms with van der Waals surface area (Å²) in [6.45, 7) is 4.63. The minimum absolute atomic E-state index is 0.0172. The number of rotatable bonds is 5. The van der Waals surface area contributed by atoms with E-state index in [1.807, 2.05) is 18.7 Å². The summed E-state index contributed by atoms with van der Waals surface area (Å²) >= 11 is 1.36. The van der Waals surface area contributed by atoms with E-state index in [2.05, 4.69) is 30.4 Å². The van der Waals surface area contributed by atoms with Crippen molar-refractivity contribution in [3.05, 3.63) is 17.5 Å². The van der Waals surface area contributed by atoms with Gasteiger partial charge in [0.2, 0.25) is 11.1 Å². The van der Waals surface area contributed by atoms with Gasteiger partial charge < -0.3 is 4.90 Å². The van der Waals surface area contributed by atoms with Crippen LogP contribution in [0.15, 0.2) is 5.16 Å². The van der Waals surface area contributed by atoms with Gasteiger partial charge in [0.05, 0.1) is 11.8 Å². The van der Waals surface area contributed by atoms with E-state index in [1.54, 1.807) is 0 Å². The molecule has 0 bridgehead atoms. The van der Waals surface area contributed by atoms with Crippen molar-refractivity contribution in [1.82, 2.24) is 35.3 Å². The Bertz CT molecular complexity index is 652. The summed E-state index contributed by atoms with van der Waals surface area (Å²) in [6.07, 6.45) is 2.70. The van der Waals surface area contributed by atoms with Gasteiger partial charge in [-0.15, -0.1) is 5.10 Å². The van der Waals surface area contributed by atoms with Crippen LogP contribution in [0.2, 0.25) is 0 Å². The van der Waals surface area contributed by atoms with Crippen molar-refractivity contribution in [2.24, 2.45) is 0 Å². The molecule has 1 atom stereocenters. The largest absolute Gasteiger partial charge is 0.332 e. The first-order valence-electron chi connectivity index (χ1n) is 7.39. The van der Waals surface area contributed by atoms with Gasteiger partial charge in [-0.25, -0.2) is 9.97 Å². The second-order valence-electron chi connectivity index (χ2n) is 5.23. The molecule has 2 N–H and O–H groups in total. The summed E-state index contributed by atoms with van der Waals surface area (Å²) in [5.41, 5.74) is 0. The molecule has 1 saturated heterocycles. The smallest absolute Gasteiger partial charge is 0.233 e. The van der Waals surface area contributed by atoms with Gasteiger partial charge in [0.15, 0.2) is 5.82 Å². The van der Waals surface area contributed by atoms with Gasteiger partial charge in [0.1, 0.15) is 11.6 Å². The average Bonchev–Trinajstić information content (AvgIpc) is 3.24. The highest BCUT2D eigenvalue weighted by atomic mass is 32.2. The number of hydrogen-bond acceptors (Lipinski definition) is 6. The lowest BCUT2D eigenvalue weighted by Crippen LogP contribution is -2.32. The Morgan fingerprint density at radius 2 is 2.23 bits per heavy atom. The third-order valence-corrected chi connectivity index (χ3v) is 4.49. The number of carbonyl (C=O) groups excluding carboxylic acids is 1. The van der Waals surface area contributed by atoms with Crippen molar-refractivity contribution < 1.29 is 4.79 Å². The van der Waals surface area contributed by atoms with E-state index in [0.29, 0.717) is 16.7 Å². The number of thioether (sulfide) groups is 1. The lowest BCUT2D eigenvalue weighted by molar-refractivity contribution is -0.129. The molecule has 0 saturated carbocycles. The highest BCUT2D eigenvalue weighted by molar-refractivity contribution is 7.99. The molecule has 9 heteroatoms. The van der Waals surface area contributed by atoms with Crippen LogP contribution in [0.5, 0.6) is 0 Å². The molecule has 8 nitrogen and oxygen atoms in total. The minimum atomic E-state index is -0.0172. The van der Waals surface area contributed by atoms with Crippen LogP contribution in [0.4, 0.5) is 0 Å². The van der Waals surface area contributed by atoms with Crippen LogP contribution in [0.25, 0.3) is 0 Å². The molecule has 0 spiro atoms. The molecule has 0 unspecified atom stereocenters. The Labute approximate surface area is 132 Å². The topological polar surface area (TPSA) is 103 Å². The molecule has 3 rings (SSSR count). The predicted molar refractivity (Wildman–Crippen MR) is 81.3 cm³/mol.